The number of hydrogen-bond donors (Lipinski definition) is 3. The molecule has 0 saturated carbocycles. The fourth-order valence-corrected chi connectivity index (χ4v) is 4.27. The van der Waals surface area contributed by atoms with Crippen molar-refractivity contribution in [1.82, 2.24) is 19.9 Å². The lowest BCUT2D eigenvalue weighted by molar-refractivity contribution is -0.125. The molecule has 1 aliphatic heterocycles. The zero-order valence-electron chi connectivity index (χ0n) is 20.1. The molecule has 2 amide bonds. The molecule has 34 heavy (non-hydrogen) atoms. The van der Waals surface area contributed by atoms with Gasteiger partial charge in [-0.25, -0.2) is 4.98 Å². The van der Waals surface area contributed by atoms with Crippen LogP contribution in [0.5, 0.6) is 0 Å². The highest BCUT2D eigenvalue weighted by molar-refractivity contribution is 6.04. The molecule has 1 fully saturated rings. The van der Waals surface area contributed by atoms with Crippen LogP contribution in [0.3, 0.4) is 0 Å². The second-order valence-electron chi connectivity index (χ2n) is 9.30. The van der Waals surface area contributed by atoms with Gasteiger partial charge in [-0.05, 0) is 58.2 Å². The van der Waals surface area contributed by atoms with Gasteiger partial charge < -0.3 is 20.6 Å². The Morgan fingerprint density at radius 1 is 1.15 bits per heavy atom. The first-order valence-corrected chi connectivity index (χ1v) is 11.7. The number of fused-ring (bicyclic) bond motifs is 1. The average Bonchev–Trinajstić information content (AvgIpc) is 3.18. The second kappa shape index (κ2) is 9.42. The van der Waals surface area contributed by atoms with Crippen molar-refractivity contribution in [2.24, 2.45) is 5.92 Å². The minimum atomic E-state index is -0.971. The number of hydrogen-bond acceptors (Lipinski definition) is 6. The zero-order chi connectivity index (χ0) is 24.5. The summed E-state index contributed by atoms with van der Waals surface area (Å²) >= 11 is 0. The summed E-state index contributed by atoms with van der Waals surface area (Å²) in [6.45, 7) is 9.31. The van der Waals surface area contributed by atoms with Crippen molar-refractivity contribution in [3.05, 3.63) is 53.2 Å². The van der Waals surface area contributed by atoms with Gasteiger partial charge >= 0.3 is 0 Å². The largest absolute Gasteiger partial charge is 0.386 e. The van der Waals surface area contributed by atoms with E-state index < -0.39 is 5.60 Å². The quantitative estimate of drug-likeness (QED) is 0.517. The number of anilines is 2. The predicted molar refractivity (Wildman–Crippen MR) is 131 cm³/mol. The van der Waals surface area contributed by atoms with Crippen LogP contribution in [0.1, 0.15) is 55.2 Å². The molecular formula is C25H32N6O3. The molecule has 0 aliphatic carbocycles. The van der Waals surface area contributed by atoms with Crippen LogP contribution in [-0.2, 0) is 10.4 Å². The first kappa shape index (κ1) is 23.7. The molecule has 3 N–H and O–H groups in total. The van der Waals surface area contributed by atoms with E-state index in [0.717, 1.165) is 29.9 Å². The maximum atomic E-state index is 12.9. The Morgan fingerprint density at radius 2 is 1.82 bits per heavy atom. The summed E-state index contributed by atoms with van der Waals surface area (Å²) in [5, 5.41) is 20.5. The van der Waals surface area contributed by atoms with Gasteiger partial charge in [0.05, 0.1) is 11.3 Å². The molecule has 0 atom stereocenters. The Hall–Kier alpha value is -3.46. The third-order valence-corrected chi connectivity index (χ3v) is 6.17. The first-order valence-electron chi connectivity index (χ1n) is 11.7. The summed E-state index contributed by atoms with van der Waals surface area (Å²) in [4.78, 5) is 31.9. The third kappa shape index (κ3) is 5.04. The highest BCUT2D eigenvalue weighted by atomic mass is 16.3. The Balaban J connectivity index is 1.55. The van der Waals surface area contributed by atoms with Gasteiger partial charge in [0, 0.05) is 43.2 Å². The van der Waals surface area contributed by atoms with E-state index in [-0.39, 0.29) is 17.7 Å². The highest BCUT2D eigenvalue weighted by Gasteiger charge is 2.26. The lowest BCUT2D eigenvalue weighted by atomic mass is 9.96. The minimum Gasteiger partial charge on any atom is -0.386 e. The molecule has 3 aromatic rings. The number of carbonyl (C=O) groups excluding carboxylic acids is 2. The fourth-order valence-electron chi connectivity index (χ4n) is 4.27. The Kier molecular flexibility index (Phi) is 6.56. The molecule has 0 spiro atoms. The number of amides is 2. The molecule has 1 aromatic carbocycles. The van der Waals surface area contributed by atoms with Crippen molar-refractivity contribution >= 4 is 29.1 Å². The highest BCUT2D eigenvalue weighted by Crippen LogP contribution is 2.27. The SMILES string of the molecule is CCNC(=O)C1CCN(c2cc(NC(=O)c3ccc(C(C)(C)O)cc3)nc3cc(C)nn23)CC1. The maximum Gasteiger partial charge on any atom is 0.256 e. The average molecular weight is 465 g/mol. The minimum absolute atomic E-state index is 0.0129. The molecule has 2 aromatic heterocycles. The Morgan fingerprint density at radius 3 is 2.44 bits per heavy atom. The van der Waals surface area contributed by atoms with Crippen molar-refractivity contribution in [3.8, 4) is 0 Å². The molecule has 0 radical (unpaired) electrons. The van der Waals surface area contributed by atoms with Crippen LogP contribution in [-0.4, -0.2) is 51.2 Å². The molecule has 4 rings (SSSR count). The van der Waals surface area contributed by atoms with Gasteiger partial charge in [0.25, 0.3) is 5.91 Å². The maximum absolute atomic E-state index is 12.9. The van der Waals surface area contributed by atoms with Crippen molar-refractivity contribution in [3.63, 3.8) is 0 Å². The zero-order valence-corrected chi connectivity index (χ0v) is 20.1. The summed E-state index contributed by atoms with van der Waals surface area (Å²) in [6, 6.07) is 10.6. The summed E-state index contributed by atoms with van der Waals surface area (Å²) < 4.78 is 1.79. The van der Waals surface area contributed by atoms with Crippen molar-refractivity contribution in [2.45, 2.75) is 46.1 Å². The lowest BCUT2D eigenvalue weighted by Gasteiger charge is -2.33. The van der Waals surface area contributed by atoms with Crippen LogP contribution in [0.15, 0.2) is 36.4 Å². The molecule has 1 aliphatic rings. The van der Waals surface area contributed by atoms with Crippen molar-refractivity contribution < 1.29 is 14.7 Å². The molecule has 0 bridgehead atoms. The lowest BCUT2D eigenvalue weighted by Crippen LogP contribution is -2.41. The van der Waals surface area contributed by atoms with Gasteiger partial charge in [0.15, 0.2) is 5.65 Å². The predicted octanol–water partition coefficient (Wildman–Crippen LogP) is 2.87. The number of piperidine rings is 1. The normalized spacial score (nSPS) is 14.9. The topological polar surface area (TPSA) is 112 Å². The van der Waals surface area contributed by atoms with E-state index in [2.05, 4.69) is 25.6 Å². The molecule has 1 saturated heterocycles. The number of rotatable bonds is 6. The standard InChI is InChI=1S/C25H32N6O3/c1-5-26-23(32)18-10-12-30(13-11-18)22-15-20(27-21-14-16(2)29-31(21)22)28-24(33)17-6-8-19(9-7-17)25(3,4)34/h6-9,14-15,18,34H,5,10-13H2,1-4H3,(H,26,32)(H,27,28,33). The molecule has 9 heteroatoms. The van der Waals surface area contributed by atoms with E-state index in [9.17, 15) is 14.7 Å². The monoisotopic (exact) mass is 464 g/mol. The van der Waals surface area contributed by atoms with Gasteiger partial charge in [-0.3, -0.25) is 9.59 Å². The number of nitrogens with zero attached hydrogens (tertiary/aromatic N) is 4. The molecular weight excluding hydrogens is 432 g/mol. The number of nitrogens with one attached hydrogen (secondary N) is 2. The van der Waals surface area contributed by atoms with Crippen LogP contribution >= 0.6 is 0 Å². The fraction of sp³-hybridized carbons (Fsp3) is 0.440. The number of carbonyl (C=O) groups is 2. The van der Waals surface area contributed by atoms with E-state index in [1.807, 2.05) is 26.0 Å². The Bertz CT molecular complexity index is 1190. The van der Waals surface area contributed by atoms with E-state index in [1.165, 1.54) is 0 Å². The van der Waals surface area contributed by atoms with Gasteiger partial charge in [0.1, 0.15) is 11.6 Å². The van der Waals surface area contributed by atoms with Gasteiger partial charge in [-0.15, -0.1) is 0 Å². The van der Waals surface area contributed by atoms with Crippen LogP contribution in [0.2, 0.25) is 0 Å². The third-order valence-electron chi connectivity index (χ3n) is 6.17. The number of aromatic nitrogens is 3. The first-order chi connectivity index (χ1) is 16.2. The molecule has 180 valence electrons. The molecule has 3 heterocycles. The molecule has 9 nitrogen and oxygen atoms in total. The van der Waals surface area contributed by atoms with E-state index in [1.54, 1.807) is 42.6 Å². The van der Waals surface area contributed by atoms with Crippen LogP contribution in [0, 0.1) is 12.8 Å². The van der Waals surface area contributed by atoms with Crippen molar-refractivity contribution in [1.29, 1.82) is 0 Å². The van der Waals surface area contributed by atoms with Gasteiger partial charge in [-0.1, -0.05) is 12.1 Å². The molecule has 0 unspecified atom stereocenters. The van der Waals surface area contributed by atoms with Gasteiger partial charge in [0.2, 0.25) is 5.91 Å². The van der Waals surface area contributed by atoms with E-state index in [0.29, 0.717) is 36.7 Å². The Labute approximate surface area is 199 Å². The summed E-state index contributed by atoms with van der Waals surface area (Å²) in [6.07, 6.45) is 1.51. The number of aliphatic hydroxyl groups is 1. The summed E-state index contributed by atoms with van der Waals surface area (Å²) in [5.41, 5.74) is 1.71. The van der Waals surface area contributed by atoms with E-state index >= 15 is 0 Å². The summed E-state index contributed by atoms with van der Waals surface area (Å²) in [7, 11) is 0. The number of aryl methyl sites for hydroxylation is 1. The van der Waals surface area contributed by atoms with E-state index in [4.69, 9.17) is 0 Å². The van der Waals surface area contributed by atoms with Gasteiger partial charge in [-0.2, -0.15) is 9.61 Å². The number of benzene rings is 1. The second-order valence-corrected chi connectivity index (χ2v) is 9.30. The van der Waals surface area contributed by atoms with Crippen LogP contribution in [0.25, 0.3) is 5.65 Å². The van der Waals surface area contributed by atoms with Crippen molar-refractivity contribution in [2.75, 3.05) is 29.9 Å². The smallest absolute Gasteiger partial charge is 0.256 e. The van der Waals surface area contributed by atoms with Crippen LogP contribution < -0.4 is 15.5 Å². The van der Waals surface area contributed by atoms with Crippen LogP contribution in [0.4, 0.5) is 11.6 Å². The summed E-state index contributed by atoms with van der Waals surface area (Å²) in [5.74, 6) is 1.11.